The number of anilines is 1. The van der Waals surface area contributed by atoms with Gasteiger partial charge < -0.3 is 15.5 Å². The summed E-state index contributed by atoms with van der Waals surface area (Å²) >= 11 is 5.90. The fourth-order valence-corrected chi connectivity index (χ4v) is 3.36. The van der Waals surface area contributed by atoms with E-state index in [4.69, 9.17) is 12.2 Å². The minimum Gasteiger partial charge on any atom is -0.361 e. The molecule has 7 heteroatoms. The summed E-state index contributed by atoms with van der Waals surface area (Å²) in [6, 6.07) is 15.6. The molecule has 0 bridgehead atoms. The van der Waals surface area contributed by atoms with E-state index in [-0.39, 0.29) is 6.04 Å². The Bertz CT molecular complexity index is 719. The third-order valence-electron chi connectivity index (χ3n) is 4.19. The summed E-state index contributed by atoms with van der Waals surface area (Å²) < 4.78 is 24.7. The van der Waals surface area contributed by atoms with Crippen molar-refractivity contribution in [1.82, 2.24) is 10.2 Å². The lowest BCUT2D eigenvalue weighted by atomic mass is 10.0. The van der Waals surface area contributed by atoms with Crippen LogP contribution in [0.5, 0.6) is 0 Å². The van der Waals surface area contributed by atoms with Crippen molar-refractivity contribution in [3.05, 3.63) is 59.7 Å². The van der Waals surface area contributed by atoms with Gasteiger partial charge in [0.05, 0.1) is 6.04 Å². The number of nitrogens with one attached hydrogen (secondary N) is 2. The highest BCUT2D eigenvalue weighted by Gasteiger charge is 2.14. The zero-order chi connectivity index (χ0) is 19.8. The van der Waals surface area contributed by atoms with Crippen LogP contribution in [0.4, 0.5) is 14.5 Å². The van der Waals surface area contributed by atoms with Crippen LogP contribution in [0.2, 0.25) is 0 Å². The third kappa shape index (κ3) is 7.08. The van der Waals surface area contributed by atoms with E-state index >= 15 is 0 Å². The van der Waals surface area contributed by atoms with Gasteiger partial charge in [0, 0.05) is 17.1 Å². The van der Waals surface area contributed by atoms with Crippen molar-refractivity contribution >= 4 is 34.8 Å². The molecule has 1 atom stereocenters. The van der Waals surface area contributed by atoms with Gasteiger partial charge in [-0.05, 0) is 68.1 Å². The molecule has 0 heterocycles. The normalized spacial score (nSPS) is 12.3. The molecule has 2 N–H and O–H groups in total. The molecule has 0 aliphatic rings. The lowest BCUT2D eigenvalue weighted by Crippen LogP contribution is -2.36. The Morgan fingerprint density at radius 3 is 2.22 bits per heavy atom. The van der Waals surface area contributed by atoms with Gasteiger partial charge in [-0.25, -0.2) is 0 Å². The second-order valence-electron chi connectivity index (χ2n) is 6.31. The van der Waals surface area contributed by atoms with Crippen LogP contribution < -0.4 is 10.6 Å². The average Bonchev–Trinajstić information content (AvgIpc) is 2.63. The highest BCUT2D eigenvalue weighted by Crippen LogP contribution is 2.26. The smallest absolute Gasteiger partial charge is 0.288 e. The van der Waals surface area contributed by atoms with Crippen molar-refractivity contribution in [1.29, 1.82) is 0 Å². The molecule has 146 valence electrons. The second kappa shape index (κ2) is 10.6. The van der Waals surface area contributed by atoms with E-state index in [1.165, 1.54) is 11.1 Å². The first-order valence-electron chi connectivity index (χ1n) is 8.74. The van der Waals surface area contributed by atoms with Gasteiger partial charge in [-0.15, -0.1) is 0 Å². The van der Waals surface area contributed by atoms with Crippen LogP contribution in [-0.2, 0) is 6.42 Å². The number of halogens is 2. The Morgan fingerprint density at radius 1 is 1.07 bits per heavy atom. The fourth-order valence-electron chi connectivity index (χ4n) is 2.66. The summed E-state index contributed by atoms with van der Waals surface area (Å²) in [6.45, 7) is 2.80. The zero-order valence-electron chi connectivity index (χ0n) is 15.7. The van der Waals surface area contributed by atoms with Crippen LogP contribution in [0.25, 0.3) is 0 Å². The first kappa shape index (κ1) is 21.6. The summed E-state index contributed by atoms with van der Waals surface area (Å²) in [6.07, 6.45) is 1.02. The lowest BCUT2D eigenvalue weighted by Gasteiger charge is -2.26. The largest absolute Gasteiger partial charge is 0.361 e. The molecule has 0 spiro atoms. The van der Waals surface area contributed by atoms with E-state index in [9.17, 15) is 8.78 Å². The van der Waals surface area contributed by atoms with E-state index in [1.54, 1.807) is 24.3 Å². The maximum absolute atomic E-state index is 12.4. The molecule has 3 nitrogen and oxygen atoms in total. The van der Waals surface area contributed by atoms with Crippen molar-refractivity contribution in [2.75, 3.05) is 26.0 Å². The van der Waals surface area contributed by atoms with Crippen molar-refractivity contribution < 1.29 is 8.78 Å². The van der Waals surface area contributed by atoms with Crippen molar-refractivity contribution in [3.8, 4) is 0 Å². The molecule has 0 amide bonds. The summed E-state index contributed by atoms with van der Waals surface area (Å²) in [5, 5.41) is 6.83. The molecule has 0 aromatic heterocycles. The Hall–Kier alpha value is -1.70. The average molecular weight is 410 g/mol. The summed E-state index contributed by atoms with van der Waals surface area (Å²) in [7, 11) is 4.08. The van der Waals surface area contributed by atoms with Crippen LogP contribution in [0.15, 0.2) is 53.4 Å². The van der Waals surface area contributed by atoms with Crippen molar-refractivity contribution in [2.45, 2.75) is 30.0 Å². The van der Waals surface area contributed by atoms with Gasteiger partial charge in [-0.1, -0.05) is 43.0 Å². The van der Waals surface area contributed by atoms with E-state index in [1.807, 2.05) is 14.1 Å². The monoisotopic (exact) mass is 409 g/mol. The number of aryl methyl sites for hydroxylation is 1. The summed E-state index contributed by atoms with van der Waals surface area (Å²) in [5.41, 5.74) is 3.30. The minimum atomic E-state index is -2.42. The quantitative estimate of drug-likeness (QED) is 0.464. The number of nitrogens with zero attached hydrogens (tertiary/aromatic N) is 1. The summed E-state index contributed by atoms with van der Waals surface area (Å²) in [5.74, 6) is -2.42. The van der Waals surface area contributed by atoms with Crippen molar-refractivity contribution in [2.24, 2.45) is 0 Å². The maximum atomic E-state index is 12.4. The molecule has 0 radical (unpaired) electrons. The Balaban J connectivity index is 1.91. The van der Waals surface area contributed by atoms with E-state index in [0.29, 0.717) is 28.3 Å². The number of hydrogen-bond acceptors (Lipinski definition) is 3. The highest BCUT2D eigenvalue weighted by molar-refractivity contribution is 7.99. The van der Waals surface area contributed by atoms with Crippen LogP contribution in [0.1, 0.15) is 24.1 Å². The van der Waals surface area contributed by atoms with Crippen molar-refractivity contribution in [3.63, 3.8) is 0 Å². The standard InChI is InChI=1S/C20H25F2N3S2/c1-4-14-5-7-15(8-6-14)18(25(2)3)13-23-20(26)24-16-9-11-17(12-10-16)27-19(21)22/h5-12,18-19H,4,13H2,1-3H3,(H2,23,24,26)/t18-/m1/s1. The Kier molecular flexibility index (Phi) is 8.47. The van der Waals surface area contributed by atoms with Gasteiger partial charge in [0.25, 0.3) is 5.76 Å². The molecular formula is C20H25F2N3S2. The highest BCUT2D eigenvalue weighted by atomic mass is 32.2. The second-order valence-corrected chi connectivity index (χ2v) is 7.78. The van der Waals surface area contributed by atoms with Crippen LogP contribution in [0.3, 0.4) is 0 Å². The van der Waals surface area contributed by atoms with Gasteiger partial charge in [0.2, 0.25) is 0 Å². The molecule has 2 aromatic carbocycles. The lowest BCUT2D eigenvalue weighted by molar-refractivity contribution is 0.252. The van der Waals surface area contributed by atoms with Crippen LogP contribution >= 0.6 is 24.0 Å². The maximum Gasteiger partial charge on any atom is 0.288 e. The molecule has 0 saturated carbocycles. The summed E-state index contributed by atoms with van der Waals surface area (Å²) in [4.78, 5) is 2.67. The number of hydrogen-bond donors (Lipinski definition) is 2. The Morgan fingerprint density at radius 2 is 1.70 bits per heavy atom. The SMILES string of the molecule is CCc1ccc([C@@H](CNC(=S)Nc2ccc(SC(F)F)cc2)N(C)C)cc1. The number of rotatable bonds is 8. The van der Waals surface area contributed by atoms with Gasteiger partial charge in [-0.2, -0.15) is 8.78 Å². The molecule has 0 aliphatic carbocycles. The fraction of sp³-hybridized carbons (Fsp3) is 0.350. The first-order valence-corrected chi connectivity index (χ1v) is 10.0. The van der Waals surface area contributed by atoms with Crippen LogP contribution in [-0.4, -0.2) is 36.4 Å². The van der Waals surface area contributed by atoms with Crippen LogP contribution in [0, 0.1) is 0 Å². The molecule has 2 rings (SSSR count). The van der Waals surface area contributed by atoms with Gasteiger partial charge in [0.15, 0.2) is 5.11 Å². The number of alkyl halides is 2. The van der Waals surface area contributed by atoms with E-state index in [0.717, 1.165) is 12.1 Å². The van der Waals surface area contributed by atoms with E-state index < -0.39 is 5.76 Å². The number of likely N-dealkylation sites (N-methyl/N-ethyl adjacent to an activating group) is 1. The Labute approximate surface area is 169 Å². The molecular weight excluding hydrogens is 384 g/mol. The zero-order valence-corrected chi connectivity index (χ0v) is 17.3. The molecule has 2 aromatic rings. The molecule has 0 aliphatic heterocycles. The predicted molar refractivity (Wildman–Crippen MR) is 115 cm³/mol. The van der Waals surface area contributed by atoms with Gasteiger partial charge >= 0.3 is 0 Å². The predicted octanol–water partition coefficient (Wildman–Crippen LogP) is 5.15. The number of benzene rings is 2. The first-order chi connectivity index (χ1) is 12.9. The topological polar surface area (TPSA) is 27.3 Å². The molecule has 27 heavy (non-hydrogen) atoms. The van der Waals surface area contributed by atoms with Gasteiger partial charge in [0.1, 0.15) is 0 Å². The number of thiocarbonyl (C=S) groups is 1. The molecule has 0 fully saturated rings. The van der Waals surface area contributed by atoms with Gasteiger partial charge in [-0.3, -0.25) is 0 Å². The third-order valence-corrected chi connectivity index (χ3v) is 5.16. The minimum absolute atomic E-state index is 0.181. The number of thioether (sulfide) groups is 1. The van der Waals surface area contributed by atoms with E-state index in [2.05, 4.69) is 46.7 Å². The molecule has 0 unspecified atom stereocenters. The molecule has 0 saturated heterocycles.